The lowest BCUT2D eigenvalue weighted by atomic mass is 10.1. The zero-order chi connectivity index (χ0) is 25.0. The monoisotopic (exact) mass is 467 g/mol. The number of nitrogens with two attached hydrogens (primary N) is 2. The molecule has 0 spiro atoms. The van der Waals surface area contributed by atoms with E-state index in [2.05, 4.69) is 16.0 Å². The summed E-state index contributed by atoms with van der Waals surface area (Å²) in [6.07, 6.45) is 1.39. The van der Waals surface area contributed by atoms with Crippen molar-refractivity contribution in [3.8, 4) is 5.75 Å². The van der Waals surface area contributed by atoms with Crippen LogP contribution in [0.1, 0.15) is 31.7 Å². The Morgan fingerprint density at radius 3 is 2.09 bits per heavy atom. The van der Waals surface area contributed by atoms with Crippen LogP contribution in [0.25, 0.3) is 0 Å². The third-order valence-corrected chi connectivity index (χ3v) is 4.86. The van der Waals surface area contributed by atoms with Crippen LogP contribution in [0, 0.1) is 0 Å². The SMILES string of the molecule is CC(NC(=O)C(N)Cc1ccc(O)cc1)C(=O)NC(CO)C(=O)NC(CCCCN)C(=O)O. The molecular formula is C21H33N5O7. The van der Waals surface area contributed by atoms with Crippen molar-refractivity contribution < 1.29 is 34.5 Å². The second kappa shape index (κ2) is 14.0. The van der Waals surface area contributed by atoms with Crippen LogP contribution in [0.2, 0.25) is 0 Å². The maximum Gasteiger partial charge on any atom is 0.326 e. The third kappa shape index (κ3) is 9.85. The van der Waals surface area contributed by atoms with Gasteiger partial charge >= 0.3 is 5.97 Å². The lowest BCUT2D eigenvalue weighted by Crippen LogP contribution is -2.57. The summed E-state index contributed by atoms with van der Waals surface area (Å²) in [6, 6.07) is 1.51. The number of rotatable bonds is 14. The van der Waals surface area contributed by atoms with Gasteiger partial charge in [-0.3, -0.25) is 14.4 Å². The molecule has 0 fully saturated rings. The molecule has 4 atom stereocenters. The van der Waals surface area contributed by atoms with Gasteiger partial charge in [-0.05, 0) is 56.8 Å². The summed E-state index contributed by atoms with van der Waals surface area (Å²) >= 11 is 0. The predicted molar refractivity (Wildman–Crippen MR) is 119 cm³/mol. The molecule has 1 aromatic rings. The Morgan fingerprint density at radius 1 is 0.939 bits per heavy atom. The van der Waals surface area contributed by atoms with E-state index in [1.165, 1.54) is 19.1 Å². The third-order valence-electron chi connectivity index (χ3n) is 4.86. The molecule has 3 amide bonds. The van der Waals surface area contributed by atoms with Gasteiger partial charge in [0.05, 0.1) is 12.6 Å². The van der Waals surface area contributed by atoms with Gasteiger partial charge in [-0.2, -0.15) is 0 Å². The van der Waals surface area contributed by atoms with Crippen molar-refractivity contribution in [1.29, 1.82) is 0 Å². The molecule has 184 valence electrons. The first-order chi connectivity index (χ1) is 15.6. The highest BCUT2D eigenvalue weighted by atomic mass is 16.4. The van der Waals surface area contributed by atoms with Crippen LogP contribution < -0.4 is 27.4 Å². The van der Waals surface area contributed by atoms with Crippen LogP contribution in [0.4, 0.5) is 0 Å². The first-order valence-electron chi connectivity index (χ1n) is 10.6. The van der Waals surface area contributed by atoms with Crippen LogP contribution in [-0.4, -0.2) is 76.3 Å². The van der Waals surface area contributed by atoms with E-state index >= 15 is 0 Å². The molecule has 12 nitrogen and oxygen atoms in total. The Kier molecular flexibility index (Phi) is 11.8. The van der Waals surface area contributed by atoms with Gasteiger partial charge in [0.2, 0.25) is 17.7 Å². The van der Waals surface area contributed by atoms with Gasteiger partial charge in [0, 0.05) is 0 Å². The maximum absolute atomic E-state index is 12.4. The minimum absolute atomic E-state index is 0.0785. The van der Waals surface area contributed by atoms with Crippen molar-refractivity contribution in [2.24, 2.45) is 11.5 Å². The van der Waals surface area contributed by atoms with Crippen molar-refractivity contribution in [2.75, 3.05) is 13.2 Å². The highest BCUT2D eigenvalue weighted by Gasteiger charge is 2.28. The topological polar surface area (TPSA) is 217 Å². The predicted octanol–water partition coefficient (Wildman–Crippen LogP) is -2.06. The fourth-order valence-corrected chi connectivity index (χ4v) is 2.88. The molecule has 10 N–H and O–H groups in total. The largest absolute Gasteiger partial charge is 0.508 e. The van der Waals surface area contributed by atoms with Crippen LogP contribution in [0.15, 0.2) is 24.3 Å². The molecule has 0 aliphatic rings. The number of unbranched alkanes of at least 4 members (excludes halogenated alkanes) is 1. The molecule has 0 aromatic heterocycles. The average molecular weight is 468 g/mol. The zero-order valence-electron chi connectivity index (χ0n) is 18.5. The van der Waals surface area contributed by atoms with E-state index in [4.69, 9.17) is 11.5 Å². The fraction of sp³-hybridized carbons (Fsp3) is 0.524. The van der Waals surface area contributed by atoms with E-state index in [0.717, 1.165) is 0 Å². The van der Waals surface area contributed by atoms with E-state index in [1.807, 2.05) is 0 Å². The number of carboxylic acids is 1. The number of carboxylic acid groups (broad SMARTS) is 1. The fourth-order valence-electron chi connectivity index (χ4n) is 2.88. The van der Waals surface area contributed by atoms with Gasteiger partial charge in [0.1, 0.15) is 23.9 Å². The standard InChI is InChI=1S/C21H33N5O7/c1-12(24-19(30)15(23)10-13-5-7-14(28)8-6-13)18(29)26-17(11-27)20(31)25-16(21(32)33)4-2-3-9-22/h5-8,12,15-17,27-28H,2-4,9-11,22-23H2,1H3,(H,24,30)(H,25,31)(H,26,29)(H,32,33). The Balaban J connectivity index is 2.60. The Bertz CT molecular complexity index is 803. The minimum atomic E-state index is -1.40. The van der Waals surface area contributed by atoms with E-state index in [-0.39, 0.29) is 18.6 Å². The minimum Gasteiger partial charge on any atom is -0.508 e. The number of aromatic hydroxyl groups is 1. The normalized spacial score (nSPS) is 14.4. The van der Waals surface area contributed by atoms with Crippen molar-refractivity contribution >= 4 is 23.7 Å². The summed E-state index contributed by atoms with van der Waals surface area (Å²) in [6.45, 7) is 0.991. The lowest BCUT2D eigenvalue weighted by Gasteiger charge is -2.22. The molecule has 1 rings (SSSR count). The smallest absolute Gasteiger partial charge is 0.326 e. The maximum atomic E-state index is 12.4. The van der Waals surface area contributed by atoms with Gasteiger partial charge < -0.3 is 42.7 Å². The number of nitrogens with one attached hydrogen (secondary N) is 3. The Hall–Kier alpha value is -3.22. The van der Waals surface area contributed by atoms with Gasteiger partial charge in [-0.15, -0.1) is 0 Å². The quantitative estimate of drug-likeness (QED) is 0.141. The van der Waals surface area contributed by atoms with E-state index in [1.54, 1.807) is 12.1 Å². The first kappa shape index (κ1) is 27.8. The van der Waals surface area contributed by atoms with Crippen molar-refractivity contribution in [2.45, 2.75) is 56.8 Å². The Labute approximate surface area is 191 Å². The molecule has 0 saturated carbocycles. The first-order valence-corrected chi connectivity index (χ1v) is 10.6. The van der Waals surface area contributed by atoms with Gasteiger partial charge in [-0.1, -0.05) is 12.1 Å². The van der Waals surface area contributed by atoms with Crippen molar-refractivity contribution in [3.63, 3.8) is 0 Å². The van der Waals surface area contributed by atoms with Gasteiger partial charge in [0.25, 0.3) is 0 Å². The van der Waals surface area contributed by atoms with Crippen LogP contribution in [0.5, 0.6) is 5.75 Å². The molecule has 0 bridgehead atoms. The van der Waals surface area contributed by atoms with Gasteiger partial charge in [-0.25, -0.2) is 4.79 Å². The zero-order valence-corrected chi connectivity index (χ0v) is 18.5. The van der Waals surface area contributed by atoms with Crippen LogP contribution in [0.3, 0.4) is 0 Å². The lowest BCUT2D eigenvalue weighted by molar-refractivity contribution is -0.142. The van der Waals surface area contributed by atoms with Crippen molar-refractivity contribution in [1.82, 2.24) is 16.0 Å². The van der Waals surface area contributed by atoms with Crippen molar-refractivity contribution in [3.05, 3.63) is 29.8 Å². The summed E-state index contributed by atoms with van der Waals surface area (Å²) in [7, 11) is 0. The second-order valence-electron chi connectivity index (χ2n) is 7.63. The van der Waals surface area contributed by atoms with Gasteiger partial charge in [0.15, 0.2) is 0 Å². The Morgan fingerprint density at radius 2 is 1.55 bits per heavy atom. The summed E-state index contributed by atoms with van der Waals surface area (Å²) in [5.74, 6) is -3.40. The summed E-state index contributed by atoms with van der Waals surface area (Å²) < 4.78 is 0. The second-order valence-corrected chi connectivity index (χ2v) is 7.63. The van der Waals surface area contributed by atoms with E-state index in [9.17, 15) is 34.5 Å². The average Bonchev–Trinajstić information content (AvgIpc) is 2.77. The number of hydrogen-bond acceptors (Lipinski definition) is 8. The number of aliphatic hydroxyl groups is 1. The van der Waals surface area contributed by atoms with Crippen LogP contribution >= 0.6 is 0 Å². The summed E-state index contributed by atoms with van der Waals surface area (Å²) in [4.78, 5) is 48.4. The molecule has 0 heterocycles. The molecule has 0 aliphatic carbocycles. The molecule has 12 heteroatoms. The number of phenols is 1. The highest BCUT2D eigenvalue weighted by molar-refractivity contribution is 5.94. The number of amides is 3. The number of carbonyl (C=O) groups is 4. The number of hydrogen-bond donors (Lipinski definition) is 8. The molecule has 0 saturated heterocycles. The van der Waals surface area contributed by atoms with E-state index in [0.29, 0.717) is 24.9 Å². The molecule has 0 radical (unpaired) electrons. The number of aliphatic hydroxyl groups excluding tert-OH is 1. The molecule has 1 aromatic carbocycles. The number of phenolic OH excluding ortho intramolecular Hbond substituents is 1. The number of aliphatic carboxylic acids is 1. The van der Waals surface area contributed by atoms with E-state index < -0.39 is 54.5 Å². The van der Waals surface area contributed by atoms with Crippen LogP contribution in [-0.2, 0) is 25.6 Å². The summed E-state index contributed by atoms with van der Waals surface area (Å²) in [5, 5.41) is 35.0. The molecule has 4 unspecified atom stereocenters. The molecule has 33 heavy (non-hydrogen) atoms. The highest BCUT2D eigenvalue weighted by Crippen LogP contribution is 2.11. The number of carbonyl (C=O) groups excluding carboxylic acids is 3. The summed E-state index contributed by atoms with van der Waals surface area (Å²) in [5.41, 5.74) is 12.0. The molecule has 0 aliphatic heterocycles. The molecular weight excluding hydrogens is 434 g/mol. The number of benzene rings is 1.